The molecule has 0 N–H and O–H groups in total. The average molecular weight is 265 g/mol. The van der Waals surface area contributed by atoms with Gasteiger partial charge in [0.05, 0.1) is 0 Å². The molecule has 1 aromatic rings. The monoisotopic (exact) mass is 264 g/mol. The molecule has 0 atom stereocenters. The van der Waals surface area contributed by atoms with Crippen LogP contribution in [-0.2, 0) is 0 Å². The zero-order chi connectivity index (χ0) is 5.98. The minimum absolute atomic E-state index is 0. The molecule has 0 aromatic heterocycles. The molecule has 0 aliphatic heterocycles. The van der Waals surface area contributed by atoms with E-state index in [0.717, 1.165) is 5.02 Å². The molecule has 9 heavy (non-hydrogen) atoms. The van der Waals surface area contributed by atoms with Gasteiger partial charge in [-0.05, 0) is 46.9 Å². The second-order valence-electron chi connectivity index (χ2n) is 1.44. The Bertz CT molecular complexity index is 152. The van der Waals surface area contributed by atoms with Gasteiger partial charge in [0.2, 0.25) is 0 Å². The first kappa shape index (κ1) is 10.0. The molecule has 0 unspecified atom stereocenters. The zero-order valence-corrected chi connectivity index (χ0v) is 6.98. The van der Waals surface area contributed by atoms with Crippen molar-refractivity contribution in [2.75, 3.05) is 0 Å². The van der Waals surface area contributed by atoms with Crippen molar-refractivity contribution >= 4 is 57.2 Å². The summed E-state index contributed by atoms with van der Waals surface area (Å²) < 4.78 is 1.21. The van der Waals surface area contributed by atoms with Crippen molar-refractivity contribution in [3.63, 3.8) is 0 Å². The summed E-state index contributed by atoms with van der Waals surface area (Å²) in [5, 5.41) is 0.797. The van der Waals surface area contributed by atoms with Crippen LogP contribution in [0.2, 0.25) is 5.02 Å². The molecule has 0 aliphatic rings. The Morgan fingerprint density at radius 1 is 1.11 bits per heavy atom. The summed E-state index contributed by atoms with van der Waals surface area (Å²) in [5.41, 5.74) is 0. The largest absolute Gasteiger partial charge is 0.316 e. The van der Waals surface area contributed by atoms with Gasteiger partial charge in [0, 0.05) is 8.59 Å². The number of hydrogen-bond acceptors (Lipinski definition) is 0. The summed E-state index contributed by atoms with van der Waals surface area (Å²) in [4.78, 5) is 0. The van der Waals surface area contributed by atoms with Gasteiger partial charge in [-0.3, -0.25) is 0 Å². The van der Waals surface area contributed by atoms with Crippen LogP contribution in [0, 0.1) is 3.57 Å². The standard InChI is InChI=1S/C6H4ClI.Mg.2H/c7-5-1-3-6(8)4-2-5;;;/h1-4H;;;. The molecule has 0 heterocycles. The summed E-state index contributed by atoms with van der Waals surface area (Å²) in [6.45, 7) is 0. The highest BCUT2D eigenvalue weighted by atomic mass is 127. The zero-order valence-electron chi connectivity index (χ0n) is 4.07. The fourth-order valence-corrected chi connectivity index (χ4v) is 0.915. The molecule has 0 saturated carbocycles. The lowest BCUT2D eigenvalue weighted by Gasteiger charge is -1.86. The third-order valence-electron chi connectivity index (χ3n) is 0.804. The van der Waals surface area contributed by atoms with Gasteiger partial charge in [-0.15, -0.1) is 0 Å². The maximum absolute atomic E-state index is 5.61. The quantitative estimate of drug-likeness (QED) is 0.497. The molecule has 1 rings (SSSR count). The smallest absolute Gasteiger partial charge is 0.0843 e. The summed E-state index contributed by atoms with van der Waals surface area (Å²) in [5.74, 6) is 0. The number of rotatable bonds is 0. The topological polar surface area (TPSA) is 0 Å². The highest BCUT2D eigenvalue weighted by molar-refractivity contribution is 14.1. The van der Waals surface area contributed by atoms with Crippen LogP contribution >= 0.6 is 34.2 Å². The van der Waals surface area contributed by atoms with Crippen molar-refractivity contribution in [2.24, 2.45) is 0 Å². The first-order valence-corrected chi connectivity index (χ1v) is 3.66. The van der Waals surface area contributed by atoms with Gasteiger partial charge < -0.3 is 0 Å². The minimum atomic E-state index is 0. The Labute approximate surface area is 89.3 Å². The first-order valence-electron chi connectivity index (χ1n) is 2.20. The summed E-state index contributed by atoms with van der Waals surface area (Å²) in [6, 6.07) is 7.71. The van der Waals surface area contributed by atoms with Gasteiger partial charge in [0.1, 0.15) is 0 Å². The molecule has 0 fully saturated rings. The fourth-order valence-electron chi connectivity index (χ4n) is 0.430. The van der Waals surface area contributed by atoms with E-state index in [1.54, 1.807) is 0 Å². The van der Waals surface area contributed by atoms with Gasteiger partial charge >= 0.3 is 23.1 Å². The molecule has 0 amide bonds. The van der Waals surface area contributed by atoms with E-state index in [4.69, 9.17) is 11.6 Å². The molecule has 0 radical (unpaired) electrons. The van der Waals surface area contributed by atoms with E-state index in [1.807, 2.05) is 24.3 Å². The maximum Gasteiger partial charge on any atom is 0.316 e. The van der Waals surface area contributed by atoms with Gasteiger partial charge in [-0.2, -0.15) is 0 Å². The van der Waals surface area contributed by atoms with Crippen LogP contribution in [0.1, 0.15) is 0 Å². The third kappa shape index (κ3) is 3.65. The summed E-state index contributed by atoms with van der Waals surface area (Å²) >= 11 is 7.85. The van der Waals surface area contributed by atoms with E-state index in [2.05, 4.69) is 22.6 Å². The Balaban J connectivity index is 0.000000640. The predicted molar refractivity (Wildman–Crippen MR) is 52.7 cm³/mol. The first-order chi connectivity index (χ1) is 3.79. The number of benzene rings is 1. The molecular weight excluding hydrogens is 259 g/mol. The van der Waals surface area contributed by atoms with Crippen molar-refractivity contribution in [1.29, 1.82) is 0 Å². The van der Waals surface area contributed by atoms with E-state index in [1.165, 1.54) is 3.57 Å². The predicted octanol–water partition coefficient (Wildman–Crippen LogP) is 2.03. The van der Waals surface area contributed by atoms with Gasteiger partial charge in [-0.25, -0.2) is 0 Å². The van der Waals surface area contributed by atoms with Crippen LogP contribution < -0.4 is 0 Å². The van der Waals surface area contributed by atoms with Crippen molar-refractivity contribution in [3.8, 4) is 0 Å². The Morgan fingerprint density at radius 3 is 1.89 bits per heavy atom. The molecule has 0 nitrogen and oxygen atoms in total. The highest BCUT2D eigenvalue weighted by Gasteiger charge is 1.83. The van der Waals surface area contributed by atoms with Crippen molar-refractivity contribution < 1.29 is 0 Å². The second-order valence-corrected chi connectivity index (χ2v) is 3.12. The number of halogens is 2. The molecule has 0 aliphatic carbocycles. The molecule has 1 aromatic carbocycles. The normalized spacial score (nSPS) is 8.22. The van der Waals surface area contributed by atoms with E-state index < -0.39 is 0 Å². The lowest BCUT2D eigenvalue weighted by molar-refractivity contribution is 1.65. The summed E-state index contributed by atoms with van der Waals surface area (Å²) in [6.07, 6.45) is 0. The van der Waals surface area contributed by atoms with Crippen LogP contribution in [0.3, 0.4) is 0 Å². The maximum atomic E-state index is 5.61. The fraction of sp³-hybridized carbons (Fsp3) is 0. The Morgan fingerprint density at radius 2 is 1.56 bits per heavy atom. The van der Waals surface area contributed by atoms with Crippen LogP contribution in [0.25, 0.3) is 0 Å². The van der Waals surface area contributed by atoms with Crippen molar-refractivity contribution in [1.82, 2.24) is 0 Å². The molecule has 0 spiro atoms. The van der Waals surface area contributed by atoms with Crippen molar-refractivity contribution in [3.05, 3.63) is 32.9 Å². The Kier molecular flexibility index (Phi) is 5.30. The van der Waals surface area contributed by atoms with E-state index in [-0.39, 0.29) is 23.1 Å². The molecule has 0 bridgehead atoms. The molecular formula is C6H6ClIMg. The SMILES string of the molecule is Clc1ccc(I)cc1.[MgH2]. The van der Waals surface area contributed by atoms with Crippen LogP contribution in [0.4, 0.5) is 0 Å². The lowest BCUT2D eigenvalue weighted by Crippen LogP contribution is -1.65. The van der Waals surface area contributed by atoms with Crippen LogP contribution in [-0.4, -0.2) is 23.1 Å². The molecule has 3 heteroatoms. The van der Waals surface area contributed by atoms with Gasteiger partial charge in [0.25, 0.3) is 0 Å². The van der Waals surface area contributed by atoms with E-state index >= 15 is 0 Å². The van der Waals surface area contributed by atoms with Crippen LogP contribution in [0.5, 0.6) is 0 Å². The molecule has 46 valence electrons. The van der Waals surface area contributed by atoms with E-state index in [0.29, 0.717) is 0 Å². The van der Waals surface area contributed by atoms with E-state index in [9.17, 15) is 0 Å². The average Bonchev–Trinajstić information content (AvgIpc) is 1.77. The van der Waals surface area contributed by atoms with Crippen molar-refractivity contribution in [2.45, 2.75) is 0 Å². The lowest BCUT2D eigenvalue weighted by atomic mass is 10.4. The second kappa shape index (κ2) is 4.77. The highest BCUT2D eigenvalue weighted by Crippen LogP contribution is 2.10. The molecule has 0 saturated heterocycles. The third-order valence-corrected chi connectivity index (χ3v) is 1.77. The van der Waals surface area contributed by atoms with Gasteiger partial charge in [0.15, 0.2) is 0 Å². The minimum Gasteiger partial charge on any atom is -0.0843 e. The van der Waals surface area contributed by atoms with Gasteiger partial charge in [-0.1, -0.05) is 11.6 Å². The summed E-state index contributed by atoms with van der Waals surface area (Å²) in [7, 11) is 0. The van der Waals surface area contributed by atoms with Crippen LogP contribution in [0.15, 0.2) is 24.3 Å². The number of hydrogen-bond donors (Lipinski definition) is 0. The Hall–Kier alpha value is 1.01.